The predicted molar refractivity (Wildman–Crippen MR) is 103 cm³/mol. The molecule has 9 heteroatoms. The Morgan fingerprint density at radius 2 is 2.19 bits per heavy atom. The van der Waals surface area contributed by atoms with E-state index in [0.29, 0.717) is 23.1 Å². The number of fused-ring (bicyclic) bond motifs is 1. The van der Waals surface area contributed by atoms with Crippen molar-refractivity contribution in [2.45, 2.75) is 50.6 Å². The van der Waals surface area contributed by atoms with Gasteiger partial charge >= 0.3 is 5.69 Å². The maximum Gasteiger partial charge on any atom is 0.348 e. The van der Waals surface area contributed by atoms with Crippen LogP contribution in [-0.2, 0) is 24.2 Å². The molecule has 26 heavy (non-hydrogen) atoms. The molecule has 2 aromatic rings. The fraction of sp³-hybridized carbons (Fsp3) is 0.529. The molecule has 1 amide bonds. The molecular formula is C17H22N4O3S2. The van der Waals surface area contributed by atoms with E-state index in [1.54, 1.807) is 4.57 Å². The van der Waals surface area contributed by atoms with Crippen molar-refractivity contribution in [1.29, 1.82) is 0 Å². The number of hydrogen-bond acceptors (Lipinski definition) is 7. The van der Waals surface area contributed by atoms with Crippen LogP contribution in [0.3, 0.4) is 0 Å². The summed E-state index contributed by atoms with van der Waals surface area (Å²) in [5.74, 6) is 0.0400. The summed E-state index contributed by atoms with van der Waals surface area (Å²) < 4.78 is 1.69. The standard InChI is InChI=1S/C17H22N4O3S2/c1-11-9-26-16(18-11)19-14(23)10-25-15-12-5-2-3-6-13(12)21(7-4-8-22)17(24)20-15/h9,22H,2-8,10H2,1H3,(H,18,19,23). The fourth-order valence-corrected chi connectivity index (χ4v) is 4.61. The van der Waals surface area contributed by atoms with Gasteiger partial charge in [-0.25, -0.2) is 9.78 Å². The zero-order valence-electron chi connectivity index (χ0n) is 14.7. The van der Waals surface area contributed by atoms with Gasteiger partial charge < -0.3 is 10.4 Å². The predicted octanol–water partition coefficient (Wildman–Crippen LogP) is 2.00. The van der Waals surface area contributed by atoms with Gasteiger partial charge in [-0.3, -0.25) is 9.36 Å². The second-order valence-corrected chi connectivity index (χ2v) is 8.01. The summed E-state index contributed by atoms with van der Waals surface area (Å²) in [7, 11) is 0. The number of thioether (sulfide) groups is 1. The van der Waals surface area contributed by atoms with Crippen LogP contribution in [0.15, 0.2) is 15.2 Å². The largest absolute Gasteiger partial charge is 0.396 e. The van der Waals surface area contributed by atoms with Crippen molar-refractivity contribution in [3.63, 3.8) is 0 Å². The zero-order chi connectivity index (χ0) is 18.5. The van der Waals surface area contributed by atoms with E-state index >= 15 is 0 Å². The monoisotopic (exact) mass is 394 g/mol. The number of carbonyl (C=O) groups is 1. The molecule has 0 aliphatic heterocycles. The molecule has 0 saturated heterocycles. The third kappa shape index (κ3) is 4.52. The van der Waals surface area contributed by atoms with E-state index in [1.165, 1.54) is 23.1 Å². The minimum Gasteiger partial charge on any atom is -0.396 e. The lowest BCUT2D eigenvalue weighted by Gasteiger charge is -2.22. The van der Waals surface area contributed by atoms with E-state index in [9.17, 15) is 9.59 Å². The van der Waals surface area contributed by atoms with E-state index in [0.717, 1.165) is 42.6 Å². The van der Waals surface area contributed by atoms with Crippen molar-refractivity contribution in [1.82, 2.24) is 14.5 Å². The summed E-state index contributed by atoms with van der Waals surface area (Å²) >= 11 is 2.70. The molecule has 1 aliphatic carbocycles. The molecule has 0 aromatic carbocycles. The Labute approximate surface area is 159 Å². The Hall–Kier alpha value is -1.71. The first kappa shape index (κ1) is 19.1. The van der Waals surface area contributed by atoms with E-state index in [2.05, 4.69) is 15.3 Å². The van der Waals surface area contributed by atoms with Gasteiger partial charge in [-0.05, 0) is 39.0 Å². The summed E-state index contributed by atoms with van der Waals surface area (Å²) in [5.41, 5.74) is 2.68. The van der Waals surface area contributed by atoms with Crippen LogP contribution in [0, 0.1) is 6.92 Å². The van der Waals surface area contributed by atoms with Gasteiger partial charge in [-0.15, -0.1) is 11.3 Å². The number of nitrogens with one attached hydrogen (secondary N) is 1. The third-order valence-corrected chi connectivity index (χ3v) is 6.09. The highest BCUT2D eigenvalue weighted by Crippen LogP contribution is 2.28. The van der Waals surface area contributed by atoms with Gasteiger partial charge in [0.05, 0.1) is 11.4 Å². The van der Waals surface area contributed by atoms with Crippen LogP contribution in [0.4, 0.5) is 5.13 Å². The van der Waals surface area contributed by atoms with Crippen LogP contribution >= 0.6 is 23.1 Å². The summed E-state index contributed by atoms with van der Waals surface area (Å²) in [6.45, 7) is 2.41. The van der Waals surface area contributed by atoms with Crippen LogP contribution < -0.4 is 11.0 Å². The topological polar surface area (TPSA) is 97.1 Å². The number of hydrogen-bond donors (Lipinski definition) is 2. The van der Waals surface area contributed by atoms with Gasteiger partial charge in [0.25, 0.3) is 0 Å². The lowest BCUT2D eigenvalue weighted by atomic mass is 9.97. The average Bonchev–Trinajstić information content (AvgIpc) is 3.04. The minimum absolute atomic E-state index is 0.0497. The second-order valence-electron chi connectivity index (χ2n) is 6.19. The number of aryl methyl sites for hydroxylation is 1. The van der Waals surface area contributed by atoms with Crippen LogP contribution in [-0.4, -0.2) is 37.9 Å². The number of amides is 1. The lowest BCUT2D eigenvalue weighted by molar-refractivity contribution is -0.113. The van der Waals surface area contributed by atoms with Crippen LogP contribution in [0.25, 0.3) is 0 Å². The SMILES string of the molecule is Cc1csc(NC(=O)CSc2nc(=O)n(CCCO)c3c2CCCC3)n1. The molecule has 0 spiro atoms. The van der Waals surface area contributed by atoms with E-state index in [-0.39, 0.29) is 24.0 Å². The minimum atomic E-state index is -0.294. The number of aromatic nitrogens is 3. The molecule has 0 atom stereocenters. The molecule has 7 nitrogen and oxygen atoms in total. The normalized spacial score (nSPS) is 13.5. The number of nitrogens with zero attached hydrogens (tertiary/aromatic N) is 3. The first-order chi connectivity index (χ1) is 12.6. The Morgan fingerprint density at radius 3 is 2.92 bits per heavy atom. The molecule has 0 bridgehead atoms. The van der Waals surface area contributed by atoms with Gasteiger partial charge in [0.2, 0.25) is 5.91 Å². The first-order valence-electron chi connectivity index (χ1n) is 8.66. The molecule has 0 unspecified atom stereocenters. The second kappa shape index (κ2) is 8.79. The Bertz CT molecular complexity index is 847. The van der Waals surface area contributed by atoms with E-state index < -0.39 is 0 Å². The van der Waals surface area contributed by atoms with Crippen molar-refractivity contribution in [2.24, 2.45) is 0 Å². The van der Waals surface area contributed by atoms with Gasteiger partial charge in [0.1, 0.15) is 5.03 Å². The van der Waals surface area contributed by atoms with Crippen molar-refractivity contribution < 1.29 is 9.90 Å². The molecule has 2 aromatic heterocycles. The molecule has 1 aliphatic rings. The van der Waals surface area contributed by atoms with E-state index in [4.69, 9.17) is 5.11 Å². The van der Waals surface area contributed by atoms with Crippen molar-refractivity contribution in [2.75, 3.05) is 17.7 Å². The number of rotatable bonds is 7. The maximum atomic E-state index is 12.4. The van der Waals surface area contributed by atoms with Gasteiger partial charge in [0, 0.05) is 29.8 Å². The Balaban J connectivity index is 1.74. The third-order valence-electron chi connectivity index (χ3n) is 4.20. The Kier molecular flexibility index (Phi) is 6.44. The molecule has 3 rings (SSSR count). The fourth-order valence-electron chi connectivity index (χ4n) is 3.03. The maximum absolute atomic E-state index is 12.4. The first-order valence-corrected chi connectivity index (χ1v) is 10.5. The smallest absolute Gasteiger partial charge is 0.348 e. The summed E-state index contributed by atoms with van der Waals surface area (Å²) in [6.07, 6.45) is 4.36. The number of thiazole rings is 1. The number of carbonyl (C=O) groups excluding carboxylic acids is 1. The molecule has 0 radical (unpaired) electrons. The van der Waals surface area contributed by atoms with Crippen molar-refractivity contribution in [3.8, 4) is 0 Å². The van der Waals surface area contributed by atoms with Crippen LogP contribution in [0.2, 0.25) is 0 Å². The zero-order valence-corrected chi connectivity index (χ0v) is 16.3. The van der Waals surface area contributed by atoms with Crippen molar-refractivity contribution in [3.05, 3.63) is 32.8 Å². The Morgan fingerprint density at radius 1 is 1.38 bits per heavy atom. The highest BCUT2D eigenvalue weighted by Gasteiger charge is 2.21. The number of anilines is 1. The van der Waals surface area contributed by atoms with Crippen LogP contribution in [0.5, 0.6) is 0 Å². The molecule has 140 valence electrons. The summed E-state index contributed by atoms with van der Waals surface area (Å²) in [4.78, 5) is 33.0. The van der Waals surface area contributed by atoms with Gasteiger partial charge in [-0.1, -0.05) is 11.8 Å². The average molecular weight is 395 g/mol. The molecule has 2 N–H and O–H groups in total. The molecular weight excluding hydrogens is 372 g/mol. The van der Waals surface area contributed by atoms with Crippen LogP contribution in [0.1, 0.15) is 36.2 Å². The quantitative estimate of drug-likeness (QED) is 0.551. The van der Waals surface area contributed by atoms with Gasteiger partial charge in [-0.2, -0.15) is 4.98 Å². The summed E-state index contributed by atoms with van der Waals surface area (Å²) in [6, 6.07) is 0. The molecule has 2 heterocycles. The highest BCUT2D eigenvalue weighted by atomic mass is 32.2. The molecule has 0 fully saturated rings. The van der Waals surface area contributed by atoms with Crippen molar-refractivity contribution >= 4 is 34.1 Å². The lowest BCUT2D eigenvalue weighted by Crippen LogP contribution is -2.30. The van der Waals surface area contributed by atoms with E-state index in [1.807, 2.05) is 12.3 Å². The van der Waals surface area contributed by atoms with Gasteiger partial charge in [0.15, 0.2) is 5.13 Å². The molecule has 0 saturated carbocycles. The highest BCUT2D eigenvalue weighted by molar-refractivity contribution is 8.00. The number of aliphatic hydroxyl groups is 1. The summed E-state index contributed by atoms with van der Waals surface area (Å²) in [5, 5.41) is 15.0. The number of aliphatic hydroxyl groups excluding tert-OH is 1.